The second-order valence-electron chi connectivity index (χ2n) is 4.55. The van der Waals surface area contributed by atoms with Gasteiger partial charge in [0.15, 0.2) is 0 Å². The molecule has 2 aromatic rings. The lowest BCUT2D eigenvalue weighted by atomic mass is 10.00. The highest BCUT2D eigenvalue weighted by atomic mass is 35.5. The summed E-state index contributed by atoms with van der Waals surface area (Å²) >= 11 is 5.75. The SMILES string of the molecule is CCNC(c1cncc(OCC)c1)c1ccc(Cl)c(F)c1. The largest absolute Gasteiger partial charge is 0.492 e. The quantitative estimate of drug-likeness (QED) is 0.876. The van der Waals surface area contributed by atoms with E-state index >= 15 is 0 Å². The second kappa shape index (κ2) is 7.38. The number of nitrogens with zero attached hydrogens (tertiary/aromatic N) is 1. The Morgan fingerprint density at radius 3 is 2.71 bits per heavy atom. The minimum absolute atomic E-state index is 0.121. The topological polar surface area (TPSA) is 34.2 Å². The first-order valence-corrected chi connectivity index (χ1v) is 7.29. The van der Waals surface area contributed by atoms with Crippen LogP contribution in [-0.2, 0) is 0 Å². The Hall–Kier alpha value is -1.65. The third kappa shape index (κ3) is 3.93. The summed E-state index contributed by atoms with van der Waals surface area (Å²) in [6, 6.07) is 6.58. The molecule has 1 aromatic heterocycles. The highest BCUT2D eigenvalue weighted by Crippen LogP contribution is 2.27. The Labute approximate surface area is 129 Å². The summed E-state index contributed by atoms with van der Waals surface area (Å²) in [5.74, 6) is 0.276. The van der Waals surface area contributed by atoms with Crippen molar-refractivity contribution in [2.24, 2.45) is 0 Å². The molecule has 1 unspecified atom stereocenters. The van der Waals surface area contributed by atoms with Gasteiger partial charge in [-0.2, -0.15) is 0 Å². The molecule has 0 bridgehead atoms. The van der Waals surface area contributed by atoms with Gasteiger partial charge in [0, 0.05) is 6.20 Å². The van der Waals surface area contributed by atoms with Gasteiger partial charge in [0.2, 0.25) is 0 Å². The fourth-order valence-corrected chi connectivity index (χ4v) is 2.28. The minimum atomic E-state index is -0.425. The molecule has 2 rings (SSSR count). The van der Waals surface area contributed by atoms with Crippen LogP contribution in [0.5, 0.6) is 5.75 Å². The van der Waals surface area contributed by atoms with Crippen molar-refractivity contribution in [1.82, 2.24) is 10.3 Å². The van der Waals surface area contributed by atoms with E-state index in [1.807, 2.05) is 26.0 Å². The van der Waals surface area contributed by atoms with E-state index in [0.717, 1.165) is 17.7 Å². The molecule has 0 amide bonds. The molecule has 1 aromatic carbocycles. The highest BCUT2D eigenvalue weighted by molar-refractivity contribution is 6.30. The predicted octanol–water partition coefficient (Wildman–Crippen LogP) is 3.97. The van der Waals surface area contributed by atoms with Crippen LogP contribution >= 0.6 is 11.6 Å². The number of ether oxygens (including phenoxy) is 1. The molecule has 21 heavy (non-hydrogen) atoms. The number of rotatable bonds is 6. The van der Waals surface area contributed by atoms with Crippen LogP contribution in [0, 0.1) is 5.82 Å². The number of halogens is 2. The monoisotopic (exact) mass is 308 g/mol. The van der Waals surface area contributed by atoms with Crippen molar-refractivity contribution in [2.75, 3.05) is 13.2 Å². The van der Waals surface area contributed by atoms with Crippen molar-refractivity contribution in [3.05, 3.63) is 58.6 Å². The van der Waals surface area contributed by atoms with E-state index in [9.17, 15) is 4.39 Å². The van der Waals surface area contributed by atoms with Gasteiger partial charge >= 0.3 is 0 Å². The van der Waals surface area contributed by atoms with Gasteiger partial charge in [0.05, 0.1) is 23.9 Å². The number of aromatic nitrogens is 1. The van der Waals surface area contributed by atoms with Crippen LogP contribution in [-0.4, -0.2) is 18.1 Å². The Bertz CT molecular complexity index is 607. The number of pyridine rings is 1. The van der Waals surface area contributed by atoms with Gasteiger partial charge < -0.3 is 10.1 Å². The van der Waals surface area contributed by atoms with Crippen LogP contribution in [0.3, 0.4) is 0 Å². The second-order valence-corrected chi connectivity index (χ2v) is 4.96. The van der Waals surface area contributed by atoms with Crippen LogP contribution in [0.1, 0.15) is 31.0 Å². The minimum Gasteiger partial charge on any atom is -0.492 e. The van der Waals surface area contributed by atoms with Crippen LogP contribution in [0.2, 0.25) is 5.02 Å². The van der Waals surface area contributed by atoms with Crippen LogP contribution < -0.4 is 10.1 Å². The molecule has 0 radical (unpaired) electrons. The van der Waals surface area contributed by atoms with Gasteiger partial charge in [-0.25, -0.2) is 4.39 Å². The van der Waals surface area contributed by atoms with Gasteiger partial charge in [0.1, 0.15) is 11.6 Å². The molecule has 0 spiro atoms. The molecule has 5 heteroatoms. The fourth-order valence-electron chi connectivity index (χ4n) is 2.16. The average Bonchev–Trinajstić information content (AvgIpc) is 2.48. The standard InChI is InChI=1S/C16H18ClFN2O/c1-3-20-16(11-5-6-14(17)15(18)8-11)12-7-13(21-4-2)10-19-9-12/h5-10,16,20H,3-4H2,1-2H3. The maximum absolute atomic E-state index is 13.7. The summed E-state index contributed by atoms with van der Waals surface area (Å²) in [6.07, 6.45) is 3.42. The highest BCUT2D eigenvalue weighted by Gasteiger charge is 2.16. The molecule has 3 nitrogen and oxygen atoms in total. The van der Waals surface area contributed by atoms with Gasteiger partial charge in [0.25, 0.3) is 0 Å². The van der Waals surface area contributed by atoms with Crippen molar-refractivity contribution < 1.29 is 9.13 Å². The molecular weight excluding hydrogens is 291 g/mol. The summed E-state index contributed by atoms with van der Waals surface area (Å²) in [4.78, 5) is 4.19. The third-order valence-electron chi connectivity index (χ3n) is 3.06. The maximum atomic E-state index is 13.7. The summed E-state index contributed by atoms with van der Waals surface area (Å²) in [5, 5.41) is 3.45. The molecule has 0 fully saturated rings. The molecular formula is C16H18ClFN2O. The van der Waals surface area contributed by atoms with E-state index < -0.39 is 5.82 Å². The molecule has 112 valence electrons. The van der Waals surface area contributed by atoms with E-state index in [-0.39, 0.29) is 11.1 Å². The summed E-state index contributed by atoms with van der Waals surface area (Å²) < 4.78 is 19.2. The smallest absolute Gasteiger partial charge is 0.142 e. The van der Waals surface area contributed by atoms with E-state index in [0.29, 0.717) is 12.4 Å². The zero-order chi connectivity index (χ0) is 15.2. The molecule has 0 aliphatic heterocycles. The van der Waals surface area contributed by atoms with Gasteiger partial charge in [-0.05, 0) is 42.8 Å². The van der Waals surface area contributed by atoms with Crippen LogP contribution in [0.25, 0.3) is 0 Å². The van der Waals surface area contributed by atoms with Gasteiger partial charge in [-0.3, -0.25) is 4.98 Å². The molecule has 1 heterocycles. The normalized spacial score (nSPS) is 12.2. The predicted molar refractivity (Wildman–Crippen MR) is 82.3 cm³/mol. The first-order valence-electron chi connectivity index (χ1n) is 6.91. The van der Waals surface area contributed by atoms with Gasteiger partial charge in [-0.15, -0.1) is 0 Å². The summed E-state index contributed by atoms with van der Waals surface area (Å²) in [5.41, 5.74) is 1.72. The molecule has 1 N–H and O–H groups in total. The average molecular weight is 309 g/mol. The van der Waals surface area contributed by atoms with Crippen molar-refractivity contribution in [1.29, 1.82) is 0 Å². The summed E-state index contributed by atoms with van der Waals surface area (Å²) in [7, 11) is 0. The maximum Gasteiger partial charge on any atom is 0.142 e. The van der Waals surface area contributed by atoms with Crippen LogP contribution in [0.15, 0.2) is 36.7 Å². The zero-order valence-corrected chi connectivity index (χ0v) is 12.8. The van der Waals surface area contributed by atoms with Crippen LogP contribution in [0.4, 0.5) is 4.39 Å². The molecule has 0 saturated carbocycles. The van der Waals surface area contributed by atoms with Crippen molar-refractivity contribution in [3.8, 4) is 5.75 Å². The number of benzene rings is 1. The first kappa shape index (κ1) is 15.7. The Balaban J connectivity index is 2.37. The third-order valence-corrected chi connectivity index (χ3v) is 3.37. The van der Waals surface area contributed by atoms with Gasteiger partial charge in [-0.1, -0.05) is 24.6 Å². The molecule has 1 atom stereocenters. The first-order chi connectivity index (χ1) is 10.2. The Morgan fingerprint density at radius 2 is 2.05 bits per heavy atom. The lowest BCUT2D eigenvalue weighted by Gasteiger charge is -2.19. The van der Waals surface area contributed by atoms with E-state index in [1.165, 1.54) is 6.07 Å². The molecule has 0 aliphatic carbocycles. The van der Waals surface area contributed by atoms with Crippen molar-refractivity contribution in [2.45, 2.75) is 19.9 Å². The Kier molecular flexibility index (Phi) is 5.53. The molecule has 0 aliphatic rings. The lowest BCUT2D eigenvalue weighted by Crippen LogP contribution is -2.22. The number of hydrogen-bond acceptors (Lipinski definition) is 3. The lowest BCUT2D eigenvalue weighted by molar-refractivity contribution is 0.338. The fraction of sp³-hybridized carbons (Fsp3) is 0.312. The zero-order valence-electron chi connectivity index (χ0n) is 12.1. The molecule has 0 saturated heterocycles. The van der Waals surface area contributed by atoms with Crippen molar-refractivity contribution >= 4 is 11.6 Å². The van der Waals surface area contributed by atoms with E-state index in [1.54, 1.807) is 18.5 Å². The number of hydrogen-bond donors (Lipinski definition) is 1. The van der Waals surface area contributed by atoms with E-state index in [2.05, 4.69) is 10.3 Å². The van der Waals surface area contributed by atoms with Crippen molar-refractivity contribution in [3.63, 3.8) is 0 Å². The Morgan fingerprint density at radius 1 is 1.24 bits per heavy atom. The number of nitrogens with one attached hydrogen (secondary N) is 1. The van der Waals surface area contributed by atoms with E-state index in [4.69, 9.17) is 16.3 Å². The summed E-state index contributed by atoms with van der Waals surface area (Å²) in [6.45, 7) is 5.24.